The zero-order valence-electron chi connectivity index (χ0n) is 16.4. The maximum Gasteiger partial charge on any atom is -1.00 e. The first-order valence-corrected chi connectivity index (χ1v) is 10.4. The van der Waals surface area contributed by atoms with Crippen LogP contribution in [0.2, 0.25) is 0 Å². The van der Waals surface area contributed by atoms with Crippen LogP contribution >= 0.6 is 0 Å². The number of benzene rings is 2. The molecular weight excluding hydrogens is 429 g/mol. The molecule has 2 amide bonds. The third-order valence-electron chi connectivity index (χ3n) is 4.58. The molecule has 2 rings (SSSR count). The molecule has 0 N–H and O–H groups in total. The van der Waals surface area contributed by atoms with Crippen LogP contribution in [0.4, 0.5) is 0 Å². The van der Waals surface area contributed by atoms with Gasteiger partial charge in [-0.25, -0.2) is 0 Å². The second-order valence-electron chi connectivity index (χ2n) is 6.32. The van der Waals surface area contributed by atoms with Crippen molar-refractivity contribution < 1.29 is 42.8 Å². The van der Waals surface area contributed by atoms with Gasteiger partial charge in [-0.2, -0.15) is 0 Å². The maximum absolute atomic E-state index is 12.8. The summed E-state index contributed by atoms with van der Waals surface area (Å²) >= 11 is -1.54. The first kappa shape index (κ1) is 25.1. The Morgan fingerprint density at radius 1 is 0.704 bits per heavy atom. The van der Waals surface area contributed by atoms with Crippen LogP contribution in [-0.2, 0) is 23.8 Å². The van der Waals surface area contributed by atoms with E-state index in [0.717, 1.165) is 33.4 Å². The number of aryl methyl sites for hydroxylation is 2. The van der Waals surface area contributed by atoms with Crippen molar-refractivity contribution in [3.8, 4) is 0 Å². The van der Waals surface area contributed by atoms with Crippen molar-refractivity contribution in [1.82, 2.24) is 5.69 Å². The number of hydrogen-bond donors (Lipinski definition) is 0. The summed E-state index contributed by atoms with van der Waals surface area (Å²) < 4.78 is 3.49. The Kier molecular flexibility index (Phi) is 9.73. The van der Waals surface area contributed by atoms with Gasteiger partial charge < -0.3 is 9.41 Å². The van der Waals surface area contributed by atoms with Crippen molar-refractivity contribution >= 4 is 11.8 Å². The maximum atomic E-state index is 12.8. The molecule has 0 aliphatic heterocycles. The number of nitrogens with zero attached hydrogens (tertiary/aromatic N) is 2. The standard InChI is InChI=1S/2C10H13NO.2FH.Zr/c2*1-7-5-4-6-9(8(7)2)10(12)11-3;;;/h2*4-6H,1-3H3,(H,11,12);2*1H;/q;;;;+4/p-4. The van der Waals surface area contributed by atoms with Crippen molar-refractivity contribution in [1.29, 1.82) is 0 Å². The van der Waals surface area contributed by atoms with Gasteiger partial charge in [0, 0.05) is 0 Å². The van der Waals surface area contributed by atoms with Crippen LogP contribution in [0.1, 0.15) is 43.0 Å². The van der Waals surface area contributed by atoms with E-state index < -0.39 is 23.8 Å². The van der Waals surface area contributed by atoms with Crippen molar-refractivity contribution in [3.05, 3.63) is 69.8 Å². The molecule has 0 aliphatic carbocycles. The van der Waals surface area contributed by atoms with E-state index in [2.05, 4.69) is 0 Å². The van der Waals surface area contributed by atoms with Gasteiger partial charge in [0.25, 0.3) is 0 Å². The monoisotopic (exact) mass is 452 g/mol. The van der Waals surface area contributed by atoms with Gasteiger partial charge in [0.05, 0.1) is 0 Å². The Morgan fingerprint density at radius 2 is 1.04 bits per heavy atom. The third kappa shape index (κ3) is 5.55. The fourth-order valence-corrected chi connectivity index (χ4v) is 4.79. The average molecular weight is 454 g/mol. The molecular formula is C20H24F2N2O2Zr. The predicted molar refractivity (Wildman–Crippen MR) is 96.0 cm³/mol. The number of amides is 2. The van der Waals surface area contributed by atoms with Crippen LogP contribution in [0.25, 0.3) is 0 Å². The number of carbonyl (C=O) groups is 2. The Hall–Kier alpha value is -1.88. The predicted octanol–water partition coefficient (Wildman–Crippen LogP) is -2.32. The van der Waals surface area contributed by atoms with Gasteiger partial charge in [0.1, 0.15) is 0 Å². The van der Waals surface area contributed by atoms with E-state index in [-0.39, 0.29) is 21.2 Å². The molecule has 2 aromatic rings. The van der Waals surface area contributed by atoms with E-state index in [1.807, 2.05) is 64.1 Å². The summed E-state index contributed by atoms with van der Waals surface area (Å²) in [6, 6.07) is 11.5. The molecule has 2 aromatic carbocycles. The van der Waals surface area contributed by atoms with Crippen LogP contribution in [0, 0.1) is 27.7 Å². The van der Waals surface area contributed by atoms with Crippen molar-refractivity contribution in [2.45, 2.75) is 27.7 Å². The molecule has 0 unspecified atom stereocenters. The zero-order chi connectivity index (χ0) is 18.7. The van der Waals surface area contributed by atoms with Gasteiger partial charge in [-0.05, 0) is 0 Å². The van der Waals surface area contributed by atoms with E-state index in [4.69, 9.17) is 0 Å². The summed E-state index contributed by atoms with van der Waals surface area (Å²) in [4.78, 5) is 25.5. The summed E-state index contributed by atoms with van der Waals surface area (Å²) in [5, 5.41) is 0. The number of rotatable bonds is 4. The SMILES string of the molecule is Cc1cccc(C(=O)[N](C)[Zr+2][N](C)C(=O)c2cccc(C)c2C)c1C.[F-].[F-]. The fourth-order valence-electron chi connectivity index (χ4n) is 2.64. The quantitative estimate of drug-likeness (QED) is 0.522. The summed E-state index contributed by atoms with van der Waals surface area (Å²) in [5.41, 5.74) is 5.64. The minimum absolute atomic E-state index is 0. The minimum Gasteiger partial charge on any atom is -1.00 e. The van der Waals surface area contributed by atoms with E-state index >= 15 is 0 Å². The molecule has 0 aromatic heterocycles. The Balaban J connectivity index is 0.00000338. The minimum atomic E-state index is -1.54. The Morgan fingerprint density at radius 3 is 1.37 bits per heavy atom. The van der Waals surface area contributed by atoms with Crippen LogP contribution in [0.15, 0.2) is 36.4 Å². The van der Waals surface area contributed by atoms with Crippen LogP contribution in [0.3, 0.4) is 0 Å². The summed E-state index contributed by atoms with van der Waals surface area (Å²) in [7, 11) is 3.59. The van der Waals surface area contributed by atoms with Gasteiger partial charge in [0.15, 0.2) is 0 Å². The van der Waals surface area contributed by atoms with E-state index in [1.165, 1.54) is 0 Å². The van der Waals surface area contributed by atoms with Crippen molar-refractivity contribution in [3.63, 3.8) is 0 Å². The van der Waals surface area contributed by atoms with E-state index in [1.54, 1.807) is 19.8 Å². The third-order valence-corrected chi connectivity index (χ3v) is 7.05. The molecule has 27 heavy (non-hydrogen) atoms. The largest absolute Gasteiger partial charge is 1.00 e. The molecule has 0 saturated carbocycles. The molecule has 0 aliphatic rings. The first-order chi connectivity index (χ1) is 11.7. The van der Waals surface area contributed by atoms with Gasteiger partial charge in [-0.1, -0.05) is 0 Å². The first-order valence-electron chi connectivity index (χ1n) is 8.19. The fraction of sp³-hybridized carbons (Fsp3) is 0.300. The van der Waals surface area contributed by atoms with Crippen molar-refractivity contribution in [2.75, 3.05) is 14.1 Å². The van der Waals surface area contributed by atoms with E-state index in [9.17, 15) is 9.59 Å². The van der Waals surface area contributed by atoms with Crippen molar-refractivity contribution in [2.24, 2.45) is 0 Å². The Labute approximate surface area is 171 Å². The molecule has 7 heteroatoms. The molecule has 0 heterocycles. The smallest absolute Gasteiger partial charge is 1.00 e. The second kappa shape index (κ2) is 10.5. The normalized spacial score (nSPS) is 9.41. The molecule has 0 radical (unpaired) electrons. The number of hydrogen-bond acceptors (Lipinski definition) is 2. The molecule has 0 atom stereocenters. The summed E-state index contributed by atoms with van der Waals surface area (Å²) in [6.07, 6.45) is 0. The van der Waals surface area contributed by atoms with E-state index in [0.29, 0.717) is 0 Å². The zero-order valence-corrected chi connectivity index (χ0v) is 18.9. The van der Waals surface area contributed by atoms with Crippen LogP contribution in [0.5, 0.6) is 0 Å². The molecule has 0 spiro atoms. The average Bonchev–Trinajstić information content (AvgIpc) is 2.58. The summed E-state index contributed by atoms with van der Waals surface area (Å²) in [6.45, 7) is 7.93. The van der Waals surface area contributed by atoms with Gasteiger partial charge in [-0.15, -0.1) is 0 Å². The number of halogens is 2. The molecule has 144 valence electrons. The van der Waals surface area contributed by atoms with Gasteiger partial charge in [-0.3, -0.25) is 0 Å². The molecule has 0 fully saturated rings. The van der Waals surface area contributed by atoms with Gasteiger partial charge >= 0.3 is 162 Å². The second-order valence-corrected chi connectivity index (χ2v) is 10.1. The van der Waals surface area contributed by atoms with Crippen LogP contribution < -0.4 is 9.41 Å². The molecule has 4 nitrogen and oxygen atoms in total. The topological polar surface area (TPSA) is 40.6 Å². The Bertz CT molecular complexity index is 760. The number of carbonyl (C=O) groups excluding carboxylic acids is 2. The molecule has 0 saturated heterocycles. The van der Waals surface area contributed by atoms with Gasteiger partial charge in [0.2, 0.25) is 0 Å². The molecule has 0 bridgehead atoms. The summed E-state index contributed by atoms with van der Waals surface area (Å²) in [5.74, 6) is -0.0122. The van der Waals surface area contributed by atoms with Crippen LogP contribution in [-0.4, -0.2) is 31.6 Å².